The third kappa shape index (κ3) is 1.30. The first-order chi connectivity index (χ1) is 6.29. The van der Waals surface area contributed by atoms with Crippen molar-refractivity contribution in [3.8, 4) is 0 Å². The van der Waals surface area contributed by atoms with Crippen LogP contribution in [0, 0.1) is 5.92 Å². The molecule has 0 bridgehead atoms. The zero-order valence-electron chi connectivity index (χ0n) is 7.78. The van der Waals surface area contributed by atoms with Gasteiger partial charge in [-0.25, -0.2) is 10.0 Å². The van der Waals surface area contributed by atoms with Crippen molar-refractivity contribution in [2.45, 2.75) is 32.0 Å². The van der Waals surface area contributed by atoms with Gasteiger partial charge in [0.2, 0.25) is 0 Å². The van der Waals surface area contributed by atoms with Gasteiger partial charge in [-0.1, -0.05) is 18.5 Å². The van der Waals surface area contributed by atoms with Crippen LogP contribution in [0.4, 0.5) is 0 Å². The van der Waals surface area contributed by atoms with Crippen molar-refractivity contribution in [2.24, 2.45) is 10.9 Å². The quantitative estimate of drug-likeness (QED) is 0.504. The number of nitrogens with zero attached hydrogens (tertiary/aromatic N) is 3. The molecule has 2 aliphatic heterocycles. The summed E-state index contributed by atoms with van der Waals surface area (Å²) in [7, 11) is 0. The first-order valence-corrected chi connectivity index (χ1v) is 5.42. The molecule has 4 heteroatoms. The maximum absolute atomic E-state index is 5.88. The van der Waals surface area contributed by atoms with E-state index in [1.807, 2.05) is 6.92 Å². The van der Waals surface area contributed by atoms with Gasteiger partial charge in [0, 0.05) is 12.6 Å². The van der Waals surface area contributed by atoms with Crippen molar-refractivity contribution in [2.75, 3.05) is 13.1 Å². The van der Waals surface area contributed by atoms with E-state index in [2.05, 4.69) is 15.0 Å². The number of aliphatic imine (C=N–C) groups is 1. The van der Waals surface area contributed by atoms with Gasteiger partial charge in [-0.05, 0) is 18.8 Å². The highest BCUT2D eigenvalue weighted by atomic mass is 35.5. The minimum Gasteiger partial charge on any atom is -0.256 e. The lowest BCUT2D eigenvalue weighted by Gasteiger charge is -2.31. The van der Waals surface area contributed by atoms with Gasteiger partial charge >= 0.3 is 0 Å². The molecular weight excluding hydrogens is 186 g/mol. The zero-order valence-corrected chi connectivity index (χ0v) is 8.54. The molecule has 13 heavy (non-hydrogen) atoms. The van der Waals surface area contributed by atoms with E-state index in [4.69, 9.17) is 11.6 Å². The third-order valence-corrected chi connectivity index (χ3v) is 3.53. The molecule has 0 amide bonds. The van der Waals surface area contributed by atoms with Crippen molar-refractivity contribution in [3.05, 3.63) is 0 Å². The van der Waals surface area contributed by atoms with Gasteiger partial charge in [0.15, 0.2) is 0 Å². The summed E-state index contributed by atoms with van der Waals surface area (Å²) in [6.07, 6.45) is 2.64. The van der Waals surface area contributed by atoms with Crippen LogP contribution < -0.4 is 0 Å². The fourth-order valence-electron chi connectivity index (χ4n) is 2.08. The van der Waals surface area contributed by atoms with E-state index in [0.29, 0.717) is 6.17 Å². The maximum Gasteiger partial charge on any atom is 0.130 e. The summed E-state index contributed by atoms with van der Waals surface area (Å²) in [6, 6.07) is 0.876. The molecule has 72 valence electrons. The molecule has 1 aliphatic carbocycles. The molecule has 0 spiro atoms. The fourth-order valence-corrected chi connectivity index (χ4v) is 2.20. The van der Waals surface area contributed by atoms with Gasteiger partial charge in [-0.15, -0.1) is 0 Å². The predicted molar refractivity (Wildman–Crippen MR) is 52.7 cm³/mol. The number of hydrogen-bond acceptors (Lipinski definition) is 3. The first-order valence-electron chi connectivity index (χ1n) is 5.05. The van der Waals surface area contributed by atoms with Gasteiger partial charge in [-0.3, -0.25) is 4.99 Å². The molecule has 4 atom stereocenters. The van der Waals surface area contributed by atoms with Gasteiger partial charge in [0.25, 0.3) is 0 Å². The van der Waals surface area contributed by atoms with Crippen LogP contribution in [-0.2, 0) is 0 Å². The van der Waals surface area contributed by atoms with E-state index in [9.17, 15) is 0 Å². The van der Waals surface area contributed by atoms with E-state index in [1.165, 1.54) is 13.0 Å². The third-order valence-electron chi connectivity index (χ3n) is 3.16. The smallest absolute Gasteiger partial charge is 0.130 e. The van der Waals surface area contributed by atoms with Gasteiger partial charge in [-0.2, -0.15) is 0 Å². The minimum absolute atomic E-state index is 0.369. The number of halogens is 1. The molecule has 0 aromatic heterocycles. The molecule has 2 saturated heterocycles. The molecule has 0 radical (unpaired) electrons. The minimum atomic E-state index is 0.369. The second-order valence-corrected chi connectivity index (χ2v) is 4.58. The highest BCUT2D eigenvalue weighted by Crippen LogP contribution is 2.49. The standard InChI is InChI=1S/C9H14ClN3/c1-2-8(10)11-9-5-13(9)12-4-6-3-7(6)12/h6-7,9H,2-5H2,1H3/t6?,7-,9?,13?/m0/s1. The van der Waals surface area contributed by atoms with E-state index in [0.717, 1.165) is 30.1 Å². The van der Waals surface area contributed by atoms with Gasteiger partial charge in [0.05, 0.1) is 6.54 Å². The summed E-state index contributed by atoms with van der Waals surface area (Å²) in [5.41, 5.74) is 0. The van der Waals surface area contributed by atoms with Crippen LogP contribution >= 0.6 is 11.6 Å². The molecule has 0 N–H and O–H groups in total. The zero-order chi connectivity index (χ0) is 9.00. The SMILES string of the molecule is CCC(Cl)=NC1CN1N1CC2C[C@@H]21. The molecule has 0 aromatic rings. The number of rotatable bonds is 3. The first kappa shape index (κ1) is 8.21. The maximum atomic E-state index is 5.88. The highest BCUT2D eigenvalue weighted by molar-refractivity contribution is 6.65. The molecule has 3 nitrogen and oxygen atoms in total. The van der Waals surface area contributed by atoms with Gasteiger partial charge in [0.1, 0.15) is 11.3 Å². The summed E-state index contributed by atoms with van der Waals surface area (Å²) in [6.45, 7) is 4.39. The van der Waals surface area contributed by atoms with Crippen molar-refractivity contribution in [3.63, 3.8) is 0 Å². The Morgan fingerprint density at radius 1 is 1.46 bits per heavy atom. The van der Waals surface area contributed by atoms with E-state index < -0.39 is 0 Å². The van der Waals surface area contributed by atoms with Crippen LogP contribution in [0.5, 0.6) is 0 Å². The lowest BCUT2D eigenvalue weighted by molar-refractivity contribution is 0.00228. The lowest BCUT2D eigenvalue weighted by Crippen LogP contribution is -2.44. The molecule has 1 saturated carbocycles. The number of fused-ring (bicyclic) bond motifs is 1. The molecule has 3 rings (SSSR count). The van der Waals surface area contributed by atoms with Crippen molar-refractivity contribution >= 4 is 16.8 Å². The summed E-state index contributed by atoms with van der Waals surface area (Å²) in [4.78, 5) is 4.41. The Morgan fingerprint density at radius 2 is 2.31 bits per heavy atom. The second-order valence-electron chi connectivity index (χ2n) is 4.15. The lowest BCUT2D eigenvalue weighted by atomic mass is 10.3. The molecule has 2 heterocycles. The second kappa shape index (κ2) is 2.69. The van der Waals surface area contributed by atoms with Crippen LogP contribution in [0.1, 0.15) is 19.8 Å². The average Bonchev–Trinajstić information content (AvgIpc) is 2.95. The monoisotopic (exact) mass is 199 g/mol. The summed E-state index contributed by atoms with van der Waals surface area (Å²) >= 11 is 5.88. The summed E-state index contributed by atoms with van der Waals surface area (Å²) in [5, 5.41) is 5.56. The van der Waals surface area contributed by atoms with Gasteiger partial charge < -0.3 is 0 Å². The molecular formula is C9H14ClN3. The summed E-state index contributed by atoms with van der Waals surface area (Å²) < 4.78 is 0. The topological polar surface area (TPSA) is 18.6 Å². The Labute approximate surface area is 83.3 Å². The molecule has 3 fully saturated rings. The van der Waals surface area contributed by atoms with Crippen LogP contribution in [0.25, 0.3) is 0 Å². The predicted octanol–water partition coefficient (Wildman–Crippen LogP) is 1.29. The van der Waals surface area contributed by atoms with Crippen LogP contribution in [-0.4, -0.2) is 40.5 Å². The van der Waals surface area contributed by atoms with Crippen molar-refractivity contribution in [1.29, 1.82) is 0 Å². The number of hydrazine groups is 1. The summed E-state index contributed by atoms with van der Waals surface area (Å²) in [5.74, 6) is 1.02. The number of hydrogen-bond donors (Lipinski definition) is 0. The molecule has 3 aliphatic rings. The largest absolute Gasteiger partial charge is 0.256 e. The van der Waals surface area contributed by atoms with Crippen molar-refractivity contribution in [1.82, 2.24) is 10.0 Å². The van der Waals surface area contributed by atoms with E-state index in [-0.39, 0.29) is 0 Å². The fraction of sp³-hybridized carbons (Fsp3) is 0.889. The Morgan fingerprint density at radius 3 is 2.85 bits per heavy atom. The van der Waals surface area contributed by atoms with E-state index >= 15 is 0 Å². The van der Waals surface area contributed by atoms with Crippen molar-refractivity contribution < 1.29 is 0 Å². The Kier molecular flexibility index (Phi) is 1.70. The van der Waals surface area contributed by atoms with E-state index in [1.54, 1.807) is 0 Å². The Bertz CT molecular complexity index is 266. The van der Waals surface area contributed by atoms with Crippen LogP contribution in [0.15, 0.2) is 4.99 Å². The normalized spacial score (nSPS) is 48.3. The Hall–Kier alpha value is -0.120. The Balaban J connectivity index is 1.55. The van der Waals surface area contributed by atoms with Crippen LogP contribution in [0.3, 0.4) is 0 Å². The molecule has 0 aromatic carbocycles. The highest BCUT2D eigenvalue weighted by Gasteiger charge is 2.58. The average molecular weight is 200 g/mol. The van der Waals surface area contributed by atoms with Crippen LogP contribution in [0.2, 0.25) is 0 Å². The molecule has 3 unspecified atom stereocenters.